The largest absolute Gasteiger partial charge is 0.381 e. The summed E-state index contributed by atoms with van der Waals surface area (Å²) in [4.78, 5) is 2.59. The summed E-state index contributed by atoms with van der Waals surface area (Å²) >= 11 is 0. The highest BCUT2D eigenvalue weighted by molar-refractivity contribution is 7.89. The molecule has 1 saturated heterocycles. The predicted octanol–water partition coefficient (Wildman–Crippen LogP) is 2.37. The minimum absolute atomic E-state index is 0.256. The molecule has 1 atom stereocenters. The van der Waals surface area contributed by atoms with Gasteiger partial charge in [-0.3, -0.25) is 0 Å². The second-order valence-electron chi connectivity index (χ2n) is 7.05. The zero-order valence-electron chi connectivity index (χ0n) is 13.8. The van der Waals surface area contributed by atoms with E-state index in [1.165, 1.54) is 11.1 Å². The predicted molar refractivity (Wildman–Crippen MR) is 94.9 cm³/mol. The van der Waals surface area contributed by atoms with Gasteiger partial charge in [-0.05, 0) is 36.1 Å². The van der Waals surface area contributed by atoms with Gasteiger partial charge in [0.25, 0.3) is 0 Å². The normalized spacial score (nSPS) is 25.8. The minimum atomic E-state index is -3.52. The fourth-order valence-corrected chi connectivity index (χ4v) is 6.17. The van der Waals surface area contributed by atoms with Crippen molar-refractivity contribution in [2.24, 2.45) is 0 Å². The third-order valence-electron chi connectivity index (χ3n) is 5.85. The lowest BCUT2D eigenvalue weighted by atomic mass is 9.67. The monoisotopic (exact) mass is 356 g/mol. The van der Waals surface area contributed by atoms with Crippen LogP contribution in [-0.4, -0.2) is 27.8 Å². The number of benzene rings is 2. The first-order chi connectivity index (χ1) is 12.1. The van der Waals surface area contributed by atoms with E-state index in [4.69, 9.17) is 4.74 Å². The molecule has 5 nitrogen and oxygen atoms in total. The van der Waals surface area contributed by atoms with E-state index in [-0.39, 0.29) is 11.6 Å². The summed E-state index contributed by atoms with van der Waals surface area (Å²) in [6, 6.07) is 15.7. The molecule has 0 radical (unpaired) electrons. The fraction of sp³-hybridized carbons (Fsp3) is 0.368. The van der Waals surface area contributed by atoms with Gasteiger partial charge in [0.1, 0.15) is 11.1 Å². The summed E-state index contributed by atoms with van der Waals surface area (Å²) in [5.74, 6) is 0. The van der Waals surface area contributed by atoms with Crippen LogP contribution in [0.5, 0.6) is 0 Å². The Morgan fingerprint density at radius 2 is 1.76 bits per heavy atom. The number of hydrogen-bond acceptors (Lipinski definition) is 4. The number of anilines is 1. The SMILES string of the molecule is O=S1(=O)NC2N(Cc3ccccc3C23CCOCC3)c2ccccc21. The average molecular weight is 356 g/mol. The first kappa shape index (κ1) is 15.4. The van der Waals surface area contributed by atoms with Crippen LogP contribution in [0.2, 0.25) is 0 Å². The fourth-order valence-electron chi connectivity index (χ4n) is 4.68. The molecule has 1 fully saturated rings. The molecule has 0 aromatic heterocycles. The number of fused-ring (bicyclic) bond motifs is 6. The summed E-state index contributed by atoms with van der Waals surface area (Å²) in [5, 5.41) is 0. The standard InChI is InChI=1S/C19H20N2O3S/c22-25(23)17-8-4-3-7-16(17)21-13-14-5-1-2-6-15(14)19(18(21)20-25)9-11-24-12-10-19/h1-8,18,20H,9-13H2. The van der Waals surface area contributed by atoms with Gasteiger partial charge in [0, 0.05) is 25.2 Å². The van der Waals surface area contributed by atoms with Crippen LogP contribution in [0.1, 0.15) is 24.0 Å². The van der Waals surface area contributed by atoms with Crippen LogP contribution in [0, 0.1) is 0 Å². The minimum Gasteiger partial charge on any atom is -0.381 e. The van der Waals surface area contributed by atoms with Crippen molar-refractivity contribution in [2.45, 2.75) is 35.9 Å². The molecule has 2 aromatic carbocycles. The summed E-state index contributed by atoms with van der Waals surface area (Å²) in [6.45, 7) is 2.02. The molecule has 0 bridgehead atoms. The molecule has 0 amide bonds. The molecule has 2 aromatic rings. The first-order valence-electron chi connectivity index (χ1n) is 8.66. The lowest BCUT2D eigenvalue weighted by molar-refractivity contribution is 0.0334. The molecule has 5 rings (SSSR count). The lowest BCUT2D eigenvalue weighted by Gasteiger charge is -2.55. The molecular weight excluding hydrogens is 336 g/mol. The van der Waals surface area contributed by atoms with Crippen LogP contribution in [0.15, 0.2) is 53.4 Å². The molecule has 3 aliphatic rings. The number of rotatable bonds is 0. The second kappa shape index (κ2) is 5.30. The van der Waals surface area contributed by atoms with Crippen molar-refractivity contribution >= 4 is 15.7 Å². The highest BCUT2D eigenvalue weighted by Crippen LogP contribution is 2.48. The smallest absolute Gasteiger partial charge is 0.244 e. The van der Waals surface area contributed by atoms with E-state index in [9.17, 15) is 8.42 Å². The van der Waals surface area contributed by atoms with E-state index in [1.807, 2.05) is 12.1 Å². The van der Waals surface area contributed by atoms with Crippen LogP contribution in [0.3, 0.4) is 0 Å². The van der Waals surface area contributed by atoms with Gasteiger partial charge in [0.2, 0.25) is 10.0 Å². The summed E-state index contributed by atoms with van der Waals surface area (Å²) in [6.07, 6.45) is 1.36. The summed E-state index contributed by atoms with van der Waals surface area (Å²) < 4.78 is 34.4. The molecule has 25 heavy (non-hydrogen) atoms. The Morgan fingerprint density at radius 3 is 2.60 bits per heavy atom. The Labute approximate surface area is 147 Å². The Morgan fingerprint density at radius 1 is 1.04 bits per heavy atom. The topological polar surface area (TPSA) is 58.6 Å². The average Bonchev–Trinajstić information content (AvgIpc) is 2.64. The van der Waals surface area contributed by atoms with E-state index in [1.54, 1.807) is 12.1 Å². The van der Waals surface area contributed by atoms with Crippen LogP contribution < -0.4 is 9.62 Å². The van der Waals surface area contributed by atoms with Crippen LogP contribution in [-0.2, 0) is 26.7 Å². The number of hydrogen-bond donors (Lipinski definition) is 1. The van der Waals surface area contributed by atoms with Crippen molar-refractivity contribution in [3.05, 3.63) is 59.7 Å². The van der Waals surface area contributed by atoms with Crippen molar-refractivity contribution in [2.75, 3.05) is 18.1 Å². The number of para-hydroxylation sites is 1. The molecule has 0 aliphatic carbocycles. The number of ether oxygens (including phenoxy) is 1. The maximum Gasteiger partial charge on any atom is 0.244 e. The van der Waals surface area contributed by atoms with E-state index in [0.717, 1.165) is 18.5 Å². The highest BCUT2D eigenvalue weighted by Gasteiger charge is 2.52. The quantitative estimate of drug-likeness (QED) is 0.787. The van der Waals surface area contributed by atoms with Crippen molar-refractivity contribution in [3.8, 4) is 0 Å². The molecule has 3 heterocycles. The Hall–Kier alpha value is -1.89. The van der Waals surface area contributed by atoms with Crippen LogP contribution >= 0.6 is 0 Å². The zero-order valence-corrected chi connectivity index (χ0v) is 14.6. The molecule has 0 saturated carbocycles. The van der Waals surface area contributed by atoms with E-state index in [2.05, 4.69) is 33.9 Å². The van der Waals surface area contributed by atoms with Crippen molar-refractivity contribution < 1.29 is 13.2 Å². The number of sulfonamides is 1. The first-order valence-corrected chi connectivity index (χ1v) is 10.1. The summed E-state index contributed by atoms with van der Waals surface area (Å²) in [7, 11) is -3.52. The van der Waals surface area contributed by atoms with Crippen LogP contribution in [0.4, 0.5) is 5.69 Å². The van der Waals surface area contributed by atoms with Gasteiger partial charge in [-0.2, -0.15) is 4.72 Å². The van der Waals surface area contributed by atoms with Gasteiger partial charge in [-0.25, -0.2) is 8.42 Å². The van der Waals surface area contributed by atoms with Crippen molar-refractivity contribution in [3.63, 3.8) is 0 Å². The van der Waals surface area contributed by atoms with Gasteiger partial charge in [-0.15, -0.1) is 0 Å². The third-order valence-corrected chi connectivity index (χ3v) is 7.30. The van der Waals surface area contributed by atoms with E-state index in [0.29, 0.717) is 24.7 Å². The van der Waals surface area contributed by atoms with Gasteiger partial charge in [0.05, 0.1) is 5.69 Å². The van der Waals surface area contributed by atoms with Gasteiger partial charge >= 0.3 is 0 Å². The van der Waals surface area contributed by atoms with Gasteiger partial charge < -0.3 is 9.64 Å². The second-order valence-corrected chi connectivity index (χ2v) is 8.73. The number of nitrogens with zero attached hydrogens (tertiary/aromatic N) is 1. The van der Waals surface area contributed by atoms with Crippen molar-refractivity contribution in [1.29, 1.82) is 0 Å². The molecular formula is C19H20N2O3S. The van der Waals surface area contributed by atoms with Gasteiger partial charge in [-0.1, -0.05) is 36.4 Å². The zero-order chi connectivity index (χ0) is 17.1. The Kier molecular flexibility index (Phi) is 3.26. The summed E-state index contributed by atoms with van der Waals surface area (Å²) in [5.41, 5.74) is 3.08. The molecule has 1 spiro atoms. The molecule has 3 aliphatic heterocycles. The molecule has 6 heteroatoms. The molecule has 130 valence electrons. The number of nitrogens with one attached hydrogen (secondary N) is 1. The van der Waals surface area contributed by atoms with Gasteiger partial charge in [0.15, 0.2) is 0 Å². The third kappa shape index (κ3) is 2.11. The Balaban J connectivity index is 1.76. The molecule has 1 unspecified atom stereocenters. The lowest BCUT2D eigenvalue weighted by Crippen LogP contribution is -2.66. The Bertz CT molecular complexity index is 935. The van der Waals surface area contributed by atoms with Crippen molar-refractivity contribution in [1.82, 2.24) is 4.72 Å². The molecule has 1 N–H and O–H groups in total. The maximum atomic E-state index is 12.9. The van der Waals surface area contributed by atoms with E-state index < -0.39 is 10.0 Å². The highest BCUT2D eigenvalue weighted by atomic mass is 32.2. The van der Waals surface area contributed by atoms with Crippen LogP contribution in [0.25, 0.3) is 0 Å². The van der Waals surface area contributed by atoms with E-state index >= 15 is 0 Å². The maximum absolute atomic E-state index is 12.9.